The quantitative estimate of drug-likeness (QED) is 0.733. The van der Waals surface area contributed by atoms with Crippen LogP contribution in [0, 0.1) is 0 Å². The maximum absolute atomic E-state index is 12.2. The molecule has 0 radical (unpaired) electrons. The average molecular weight is 287 g/mol. The fourth-order valence-corrected chi connectivity index (χ4v) is 4.27. The maximum Gasteiger partial charge on any atom is 0.181 e. The SMILES string of the molecule is O=S(CCc1ccccc1)c1nc2ccccc2s1. The number of hydrogen-bond donors (Lipinski definition) is 0. The van der Waals surface area contributed by atoms with Gasteiger partial charge in [-0.2, -0.15) is 0 Å². The van der Waals surface area contributed by atoms with Gasteiger partial charge in [-0.3, -0.25) is 4.21 Å². The van der Waals surface area contributed by atoms with Crippen LogP contribution >= 0.6 is 11.3 Å². The number of benzene rings is 2. The zero-order valence-corrected chi connectivity index (χ0v) is 11.9. The topological polar surface area (TPSA) is 30.0 Å². The molecule has 3 rings (SSSR count). The summed E-state index contributed by atoms with van der Waals surface area (Å²) < 4.78 is 14.1. The summed E-state index contributed by atoms with van der Waals surface area (Å²) in [7, 11) is -1.01. The molecule has 96 valence electrons. The standard InChI is InChI=1S/C15H13NOS2/c17-19(11-10-12-6-2-1-3-7-12)15-16-13-8-4-5-9-14(13)18-15/h1-9H,10-11H2. The van der Waals surface area contributed by atoms with Gasteiger partial charge < -0.3 is 0 Å². The Kier molecular flexibility index (Phi) is 3.71. The predicted octanol–water partition coefficient (Wildman–Crippen LogP) is 3.65. The van der Waals surface area contributed by atoms with Gasteiger partial charge in [-0.1, -0.05) is 42.5 Å². The molecule has 0 amide bonds. The molecule has 0 saturated carbocycles. The van der Waals surface area contributed by atoms with E-state index in [2.05, 4.69) is 17.1 Å². The Balaban J connectivity index is 1.73. The zero-order valence-electron chi connectivity index (χ0n) is 10.3. The Morgan fingerprint density at radius 3 is 2.53 bits per heavy atom. The summed E-state index contributed by atoms with van der Waals surface area (Å²) in [4.78, 5) is 4.44. The van der Waals surface area contributed by atoms with Gasteiger partial charge in [-0.15, -0.1) is 11.3 Å². The zero-order chi connectivity index (χ0) is 13.1. The Labute approximate surface area is 118 Å². The van der Waals surface area contributed by atoms with Gasteiger partial charge in [0.05, 0.1) is 21.0 Å². The molecular weight excluding hydrogens is 274 g/mol. The van der Waals surface area contributed by atoms with Crippen molar-refractivity contribution in [1.82, 2.24) is 4.98 Å². The van der Waals surface area contributed by atoms with Crippen molar-refractivity contribution in [3.05, 3.63) is 60.2 Å². The molecule has 0 bridgehead atoms. The molecular formula is C15H13NOS2. The Hall–Kier alpha value is -1.52. The summed E-state index contributed by atoms with van der Waals surface area (Å²) in [5, 5.41) is 0. The third kappa shape index (κ3) is 2.91. The summed E-state index contributed by atoms with van der Waals surface area (Å²) in [6, 6.07) is 18.1. The first-order valence-corrected chi connectivity index (χ1v) is 8.24. The van der Waals surface area contributed by atoms with Crippen LogP contribution in [-0.2, 0) is 17.2 Å². The van der Waals surface area contributed by atoms with E-state index < -0.39 is 10.8 Å². The van der Waals surface area contributed by atoms with Gasteiger partial charge in [0.25, 0.3) is 0 Å². The highest BCUT2D eigenvalue weighted by Gasteiger charge is 2.10. The highest BCUT2D eigenvalue weighted by atomic mass is 32.2. The number of thiazole rings is 1. The average Bonchev–Trinajstić information content (AvgIpc) is 2.90. The van der Waals surface area contributed by atoms with E-state index in [1.165, 1.54) is 16.9 Å². The number of aromatic nitrogens is 1. The van der Waals surface area contributed by atoms with Crippen molar-refractivity contribution in [2.24, 2.45) is 0 Å². The summed E-state index contributed by atoms with van der Waals surface area (Å²) in [6.45, 7) is 0. The van der Waals surface area contributed by atoms with Crippen LogP contribution in [0.15, 0.2) is 58.9 Å². The fraction of sp³-hybridized carbons (Fsp3) is 0.133. The summed E-state index contributed by atoms with van der Waals surface area (Å²) >= 11 is 1.53. The van der Waals surface area contributed by atoms with E-state index in [9.17, 15) is 4.21 Å². The molecule has 1 unspecified atom stereocenters. The van der Waals surface area contributed by atoms with Crippen molar-refractivity contribution < 1.29 is 4.21 Å². The number of para-hydroxylation sites is 1. The van der Waals surface area contributed by atoms with Gasteiger partial charge in [0.15, 0.2) is 4.34 Å². The van der Waals surface area contributed by atoms with Gasteiger partial charge in [-0.25, -0.2) is 4.98 Å². The van der Waals surface area contributed by atoms with E-state index in [0.29, 0.717) is 5.75 Å². The van der Waals surface area contributed by atoms with Crippen LogP contribution in [0.25, 0.3) is 10.2 Å². The molecule has 0 aliphatic rings. The summed E-state index contributed by atoms with van der Waals surface area (Å²) in [5.41, 5.74) is 2.16. The minimum absolute atomic E-state index is 0.629. The molecule has 0 N–H and O–H groups in total. The molecule has 3 aromatic rings. The molecule has 0 aliphatic carbocycles. The largest absolute Gasteiger partial charge is 0.252 e. The van der Waals surface area contributed by atoms with E-state index >= 15 is 0 Å². The van der Waals surface area contributed by atoms with Crippen molar-refractivity contribution in [3.63, 3.8) is 0 Å². The number of aryl methyl sites for hydroxylation is 1. The first-order valence-electron chi connectivity index (χ1n) is 6.11. The molecule has 0 saturated heterocycles. The minimum atomic E-state index is -1.01. The van der Waals surface area contributed by atoms with Crippen LogP contribution in [0.3, 0.4) is 0 Å². The van der Waals surface area contributed by atoms with Crippen LogP contribution in [0.2, 0.25) is 0 Å². The van der Waals surface area contributed by atoms with Gasteiger partial charge in [0, 0.05) is 5.75 Å². The third-order valence-corrected chi connectivity index (χ3v) is 5.58. The lowest BCUT2D eigenvalue weighted by molar-refractivity contribution is 0.682. The minimum Gasteiger partial charge on any atom is -0.252 e. The van der Waals surface area contributed by atoms with Gasteiger partial charge in [0.2, 0.25) is 0 Å². The van der Waals surface area contributed by atoms with E-state index in [-0.39, 0.29) is 0 Å². The monoisotopic (exact) mass is 287 g/mol. The number of nitrogens with zero attached hydrogens (tertiary/aromatic N) is 1. The van der Waals surface area contributed by atoms with Crippen LogP contribution in [0.5, 0.6) is 0 Å². The second kappa shape index (κ2) is 5.63. The Morgan fingerprint density at radius 1 is 1.00 bits per heavy atom. The van der Waals surface area contributed by atoms with Crippen molar-refractivity contribution in [2.75, 3.05) is 5.75 Å². The Bertz CT molecular complexity index is 673. The molecule has 1 aromatic heterocycles. The molecule has 0 spiro atoms. The molecule has 2 aromatic carbocycles. The molecule has 19 heavy (non-hydrogen) atoms. The Morgan fingerprint density at radius 2 is 1.74 bits per heavy atom. The van der Waals surface area contributed by atoms with E-state index in [4.69, 9.17) is 0 Å². The molecule has 2 nitrogen and oxygen atoms in total. The van der Waals surface area contributed by atoms with Gasteiger partial charge in [0.1, 0.15) is 0 Å². The second-order valence-electron chi connectivity index (χ2n) is 4.23. The van der Waals surface area contributed by atoms with E-state index in [1.54, 1.807) is 0 Å². The van der Waals surface area contributed by atoms with Crippen LogP contribution in [0.1, 0.15) is 5.56 Å². The number of rotatable bonds is 4. The number of hydrogen-bond acceptors (Lipinski definition) is 3. The molecule has 1 heterocycles. The van der Waals surface area contributed by atoms with Crippen molar-refractivity contribution in [2.45, 2.75) is 10.8 Å². The maximum atomic E-state index is 12.2. The van der Waals surface area contributed by atoms with E-state index in [1.807, 2.05) is 42.5 Å². The van der Waals surface area contributed by atoms with Gasteiger partial charge >= 0.3 is 0 Å². The molecule has 1 atom stereocenters. The van der Waals surface area contributed by atoms with Crippen LogP contribution < -0.4 is 0 Å². The smallest absolute Gasteiger partial charge is 0.181 e. The van der Waals surface area contributed by atoms with Gasteiger partial charge in [-0.05, 0) is 24.1 Å². The molecule has 0 aliphatic heterocycles. The third-order valence-electron chi connectivity index (χ3n) is 2.89. The fourth-order valence-electron chi connectivity index (χ4n) is 1.89. The highest BCUT2D eigenvalue weighted by molar-refractivity contribution is 7.87. The van der Waals surface area contributed by atoms with Crippen molar-refractivity contribution in [3.8, 4) is 0 Å². The van der Waals surface area contributed by atoms with E-state index in [0.717, 1.165) is 21.0 Å². The summed E-state index contributed by atoms with van der Waals surface area (Å²) in [6.07, 6.45) is 0.823. The lowest BCUT2D eigenvalue weighted by Crippen LogP contribution is -2.01. The number of fused-ring (bicyclic) bond motifs is 1. The van der Waals surface area contributed by atoms with Crippen molar-refractivity contribution >= 4 is 32.4 Å². The first-order chi connectivity index (χ1) is 9.33. The molecule has 4 heteroatoms. The highest BCUT2D eigenvalue weighted by Crippen LogP contribution is 2.24. The van der Waals surface area contributed by atoms with Crippen LogP contribution in [0.4, 0.5) is 0 Å². The second-order valence-corrected chi connectivity index (χ2v) is 7.01. The predicted molar refractivity (Wildman–Crippen MR) is 81.0 cm³/mol. The van der Waals surface area contributed by atoms with Crippen LogP contribution in [-0.4, -0.2) is 14.9 Å². The lowest BCUT2D eigenvalue weighted by atomic mass is 10.2. The normalized spacial score (nSPS) is 12.6. The molecule has 0 fully saturated rings. The first kappa shape index (κ1) is 12.5. The lowest BCUT2D eigenvalue weighted by Gasteiger charge is -1.99. The van der Waals surface area contributed by atoms with Crippen molar-refractivity contribution in [1.29, 1.82) is 0 Å². The summed E-state index contributed by atoms with van der Waals surface area (Å²) in [5.74, 6) is 0.629.